The predicted molar refractivity (Wildman–Crippen MR) is 57.0 cm³/mol. The minimum Gasteiger partial charge on any atom is -0.377 e. The van der Waals surface area contributed by atoms with Crippen molar-refractivity contribution in [3.8, 4) is 0 Å². The van der Waals surface area contributed by atoms with Gasteiger partial charge in [0, 0.05) is 25.3 Å². The Hall–Kier alpha value is -1.00. The van der Waals surface area contributed by atoms with Crippen LogP contribution in [0.25, 0.3) is 0 Å². The molecule has 0 bridgehead atoms. The minimum atomic E-state index is -0.500. The molecule has 1 aromatic carbocycles. The molecule has 0 spiro atoms. The second-order valence-corrected chi connectivity index (χ2v) is 3.97. The van der Waals surface area contributed by atoms with E-state index in [2.05, 4.69) is 5.32 Å². The van der Waals surface area contributed by atoms with E-state index in [1.54, 1.807) is 0 Å². The average Bonchev–Trinajstić information content (AvgIpc) is 2.75. The van der Waals surface area contributed by atoms with Crippen LogP contribution in [0.5, 0.6) is 0 Å². The fourth-order valence-corrected chi connectivity index (χ4v) is 1.86. The highest BCUT2D eigenvalue weighted by Crippen LogP contribution is 2.13. The van der Waals surface area contributed by atoms with E-state index in [1.165, 1.54) is 18.2 Å². The van der Waals surface area contributed by atoms with Crippen LogP contribution >= 0.6 is 0 Å². The van der Waals surface area contributed by atoms with E-state index in [0.29, 0.717) is 6.54 Å². The van der Waals surface area contributed by atoms with Gasteiger partial charge in [-0.25, -0.2) is 8.78 Å². The topological polar surface area (TPSA) is 21.3 Å². The standard InChI is InChI=1S/C12H15F2NO/c13-11-4-1-5-12(14)10(11)8-15-7-9-3-2-6-16-9/h1,4-5,9,15H,2-3,6-8H2. The van der Waals surface area contributed by atoms with Crippen LogP contribution in [0.2, 0.25) is 0 Å². The van der Waals surface area contributed by atoms with Gasteiger partial charge in [0.1, 0.15) is 11.6 Å². The normalized spacial score (nSPS) is 20.2. The fraction of sp³-hybridized carbons (Fsp3) is 0.500. The van der Waals surface area contributed by atoms with E-state index in [1.807, 2.05) is 0 Å². The van der Waals surface area contributed by atoms with Crippen molar-refractivity contribution in [2.75, 3.05) is 13.2 Å². The summed E-state index contributed by atoms with van der Waals surface area (Å²) < 4.78 is 31.9. The predicted octanol–water partition coefficient (Wildman–Crippen LogP) is 2.23. The Labute approximate surface area is 93.6 Å². The Morgan fingerprint density at radius 3 is 2.69 bits per heavy atom. The molecule has 2 rings (SSSR count). The first-order chi connectivity index (χ1) is 7.77. The van der Waals surface area contributed by atoms with Gasteiger partial charge in [-0.3, -0.25) is 0 Å². The van der Waals surface area contributed by atoms with Crippen molar-refractivity contribution < 1.29 is 13.5 Å². The zero-order valence-electron chi connectivity index (χ0n) is 9.01. The van der Waals surface area contributed by atoms with Crippen LogP contribution in [0, 0.1) is 11.6 Å². The Morgan fingerprint density at radius 1 is 1.31 bits per heavy atom. The van der Waals surface area contributed by atoms with Gasteiger partial charge >= 0.3 is 0 Å². The van der Waals surface area contributed by atoms with Crippen LogP contribution in [0.4, 0.5) is 8.78 Å². The molecule has 0 amide bonds. The zero-order chi connectivity index (χ0) is 11.4. The molecule has 88 valence electrons. The fourth-order valence-electron chi connectivity index (χ4n) is 1.86. The van der Waals surface area contributed by atoms with E-state index < -0.39 is 11.6 Å². The summed E-state index contributed by atoms with van der Waals surface area (Å²) in [7, 11) is 0. The van der Waals surface area contributed by atoms with Gasteiger partial charge in [-0.1, -0.05) is 6.07 Å². The molecule has 1 fully saturated rings. The van der Waals surface area contributed by atoms with Crippen LogP contribution in [-0.4, -0.2) is 19.3 Å². The van der Waals surface area contributed by atoms with E-state index >= 15 is 0 Å². The van der Waals surface area contributed by atoms with E-state index in [-0.39, 0.29) is 18.2 Å². The second-order valence-electron chi connectivity index (χ2n) is 3.97. The molecule has 16 heavy (non-hydrogen) atoms. The molecule has 1 atom stereocenters. The molecule has 2 nitrogen and oxygen atoms in total. The molecule has 0 aromatic heterocycles. The quantitative estimate of drug-likeness (QED) is 0.851. The van der Waals surface area contributed by atoms with Gasteiger partial charge in [0.15, 0.2) is 0 Å². The van der Waals surface area contributed by atoms with Crippen LogP contribution in [-0.2, 0) is 11.3 Å². The Bertz CT molecular complexity index is 331. The third-order valence-corrected chi connectivity index (χ3v) is 2.76. The number of nitrogens with one attached hydrogen (secondary N) is 1. The van der Waals surface area contributed by atoms with Crippen LogP contribution in [0.15, 0.2) is 18.2 Å². The Morgan fingerprint density at radius 2 is 2.06 bits per heavy atom. The van der Waals surface area contributed by atoms with E-state index in [9.17, 15) is 8.78 Å². The van der Waals surface area contributed by atoms with Crippen molar-refractivity contribution in [2.45, 2.75) is 25.5 Å². The lowest BCUT2D eigenvalue weighted by molar-refractivity contribution is 0.110. The molecule has 1 saturated heterocycles. The first-order valence-corrected chi connectivity index (χ1v) is 5.52. The highest BCUT2D eigenvalue weighted by molar-refractivity contribution is 5.19. The third-order valence-electron chi connectivity index (χ3n) is 2.76. The molecule has 1 N–H and O–H groups in total. The maximum atomic E-state index is 13.2. The van der Waals surface area contributed by atoms with Gasteiger partial charge in [-0.2, -0.15) is 0 Å². The van der Waals surface area contributed by atoms with Crippen molar-refractivity contribution >= 4 is 0 Å². The number of hydrogen-bond acceptors (Lipinski definition) is 2. The SMILES string of the molecule is Fc1cccc(F)c1CNCC1CCCO1. The Kier molecular flexibility index (Phi) is 3.85. The van der Waals surface area contributed by atoms with Crippen LogP contribution in [0.1, 0.15) is 18.4 Å². The molecule has 4 heteroatoms. The molecule has 0 radical (unpaired) electrons. The van der Waals surface area contributed by atoms with Crippen LogP contribution < -0.4 is 5.32 Å². The molecular formula is C12H15F2NO. The number of benzene rings is 1. The number of hydrogen-bond donors (Lipinski definition) is 1. The molecule has 1 heterocycles. The lowest BCUT2D eigenvalue weighted by atomic mass is 10.2. The van der Waals surface area contributed by atoms with Gasteiger partial charge in [0.05, 0.1) is 6.10 Å². The van der Waals surface area contributed by atoms with Crippen molar-refractivity contribution in [1.29, 1.82) is 0 Å². The lowest BCUT2D eigenvalue weighted by Crippen LogP contribution is -2.26. The summed E-state index contributed by atoms with van der Waals surface area (Å²) in [5.41, 5.74) is 0.0977. The Balaban J connectivity index is 1.84. The van der Waals surface area contributed by atoms with Gasteiger partial charge in [-0.05, 0) is 25.0 Å². The summed E-state index contributed by atoms with van der Waals surface area (Å²) in [5, 5.41) is 3.02. The molecule has 1 aliphatic rings. The van der Waals surface area contributed by atoms with E-state index in [4.69, 9.17) is 4.74 Å². The monoisotopic (exact) mass is 227 g/mol. The van der Waals surface area contributed by atoms with Gasteiger partial charge in [-0.15, -0.1) is 0 Å². The van der Waals surface area contributed by atoms with E-state index in [0.717, 1.165) is 19.4 Å². The van der Waals surface area contributed by atoms with Crippen molar-refractivity contribution in [1.82, 2.24) is 5.32 Å². The summed E-state index contributed by atoms with van der Waals surface area (Å²) in [5.74, 6) is -1.00. The zero-order valence-corrected chi connectivity index (χ0v) is 9.01. The lowest BCUT2D eigenvalue weighted by Gasteiger charge is -2.11. The highest BCUT2D eigenvalue weighted by atomic mass is 19.1. The molecule has 0 saturated carbocycles. The number of ether oxygens (including phenoxy) is 1. The maximum absolute atomic E-state index is 13.2. The molecule has 0 aliphatic carbocycles. The first-order valence-electron chi connectivity index (χ1n) is 5.52. The summed E-state index contributed by atoms with van der Waals surface area (Å²) in [6.45, 7) is 1.65. The van der Waals surface area contributed by atoms with Gasteiger partial charge < -0.3 is 10.1 Å². The third kappa shape index (κ3) is 2.77. The summed E-state index contributed by atoms with van der Waals surface area (Å²) >= 11 is 0. The minimum absolute atomic E-state index is 0.0977. The maximum Gasteiger partial charge on any atom is 0.130 e. The van der Waals surface area contributed by atoms with Crippen molar-refractivity contribution in [3.05, 3.63) is 35.4 Å². The van der Waals surface area contributed by atoms with Crippen LogP contribution in [0.3, 0.4) is 0 Å². The number of rotatable bonds is 4. The smallest absolute Gasteiger partial charge is 0.130 e. The van der Waals surface area contributed by atoms with Gasteiger partial charge in [0.2, 0.25) is 0 Å². The molecule has 1 aliphatic heterocycles. The molecule has 1 unspecified atom stereocenters. The molecule has 1 aromatic rings. The summed E-state index contributed by atoms with van der Waals surface area (Å²) in [6, 6.07) is 3.91. The van der Waals surface area contributed by atoms with Gasteiger partial charge in [0.25, 0.3) is 0 Å². The highest BCUT2D eigenvalue weighted by Gasteiger charge is 2.15. The second kappa shape index (κ2) is 5.37. The summed E-state index contributed by atoms with van der Waals surface area (Å²) in [6.07, 6.45) is 2.28. The average molecular weight is 227 g/mol. The van der Waals surface area contributed by atoms with Crippen molar-refractivity contribution in [3.63, 3.8) is 0 Å². The number of halogens is 2. The largest absolute Gasteiger partial charge is 0.377 e. The molecular weight excluding hydrogens is 212 g/mol. The first kappa shape index (κ1) is 11.5. The summed E-state index contributed by atoms with van der Waals surface area (Å²) in [4.78, 5) is 0. The van der Waals surface area contributed by atoms with Crippen molar-refractivity contribution in [2.24, 2.45) is 0 Å².